The zero-order valence-corrected chi connectivity index (χ0v) is 23.9. The van der Waals surface area contributed by atoms with Crippen molar-refractivity contribution in [3.05, 3.63) is 164 Å². The molecule has 0 aliphatic heterocycles. The third-order valence-corrected chi connectivity index (χ3v) is 8.15. The second-order valence-electron chi connectivity index (χ2n) is 10.9. The maximum Gasteiger partial charge on any atom is 0.160 e. The van der Waals surface area contributed by atoms with E-state index in [2.05, 4.69) is 151 Å². The molecule has 0 atom stereocenters. The Kier molecular flexibility index (Phi) is 6.47. The molecule has 206 valence electrons. The van der Waals surface area contributed by atoms with Crippen LogP contribution in [0.15, 0.2) is 164 Å². The highest BCUT2D eigenvalue weighted by Gasteiger charge is 2.13. The van der Waals surface area contributed by atoms with Crippen LogP contribution in [0.1, 0.15) is 0 Å². The van der Waals surface area contributed by atoms with Crippen molar-refractivity contribution in [2.24, 2.45) is 0 Å². The topological polar surface area (TPSA) is 38.7 Å². The van der Waals surface area contributed by atoms with Crippen molar-refractivity contribution in [2.75, 3.05) is 0 Å². The lowest BCUT2D eigenvalue weighted by molar-refractivity contribution is 1.18. The lowest BCUT2D eigenvalue weighted by atomic mass is 9.99. The summed E-state index contributed by atoms with van der Waals surface area (Å²) in [6, 6.07) is 55.0. The van der Waals surface area contributed by atoms with Crippen molar-refractivity contribution in [2.45, 2.75) is 0 Å². The summed E-state index contributed by atoms with van der Waals surface area (Å²) >= 11 is 0. The summed E-state index contributed by atoms with van der Waals surface area (Å²) in [7, 11) is 0. The molecule has 2 aromatic heterocycles. The molecule has 0 bridgehead atoms. The normalized spacial score (nSPS) is 11.2. The second kappa shape index (κ2) is 11.0. The minimum atomic E-state index is 0.706. The Morgan fingerprint density at radius 1 is 0.341 bits per heavy atom. The van der Waals surface area contributed by atoms with Crippen LogP contribution in [0.25, 0.3) is 77.8 Å². The summed E-state index contributed by atoms with van der Waals surface area (Å²) in [6.07, 6.45) is 1.85. The fourth-order valence-corrected chi connectivity index (χ4v) is 5.82. The number of pyridine rings is 1. The monoisotopic (exact) mass is 561 g/mol. The quantitative estimate of drug-likeness (QED) is 0.210. The minimum absolute atomic E-state index is 0.706. The predicted octanol–water partition coefficient (Wildman–Crippen LogP) is 10.5. The molecule has 0 saturated carbocycles. The lowest BCUT2D eigenvalue weighted by Gasteiger charge is -2.11. The zero-order chi connectivity index (χ0) is 29.3. The van der Waals surface area contributed by atoms with Gasteiger partial charge in [-0.3, -0.25) is 4.98 Å². The first-order valence-electron chi connectivity index (χ1n) is 14.8. The number of nitrogens with zero attached hydrogens (tertiary/aromatic N) is 3. The number of fused-ring (bicyclic) bond motifs is 2. The first kappa shape index (κ1) is 25.8. The van der Waals surface area contributed by atoms with Gasteiger partial charge in [-0.2, -0.15) is 0 Å². The van der Waals surface area contributed by atoms with Gasteiger partial charge in [0.15, 0.2) is 5.82 Å². The zero-order valence-electron chi connectivity index (χ0n) is 23.9. The number of hydrogen-bond donors (Lipinski definition) is 0. The van der Waals surface area contributed by atoms with E-state index in [1.165, 1.54) is 21.9 Å². The molecule has 0 saturated heterocycles. The van der Waals surface area contributed by atoms with Gasteiger partial charge in [0.25, 0.3) is 0 Å². The molecule has 0 radical (unpaired) electrons. The third kappa shape index (κ3) is 4.91. The summed E-state index contributed by atoms with van der Waals surface area (Å²) in [6.45, 7) is 0. The van der Waals surface area contributed by atoms with Crippen molar-refractivity contribution in [1.82, 2.24) is 15.0 Å². The van der Waals surface area contributed by atoms with Gasteiger partial charge in [-0.1, -0.05) is 140 Å². The molecule has 0 aliphatic carbocycles. The van der Waals surface area contributed by atoms with Crippen LogP contribution in [-0.4, -0.2) is 15.0 Å². The van der Waals surface area contributed by atoms with Gasteiger partial charge in [0.2, 0.25) is 0 Å². The maximum atomic E-state index is 5.10. The van der Waals surface area contributed by atoms with Crippen LogP contribution >= 0.6 is 0 Å². The summed E-state index contributed by atoms with van der Waals surface area (Å²) in [4.78, 5) is 14.8. The Labute approximate surface area is 256 Å². The molecular formula is C41H27N3. The van der Waals surface area contributed by atoms with Gasteiger partial charge < -0.3 is 0 Å². The van der Waals surface area contributed by atoms with Crippen molar-refractivity contribution >= 4 is 21.7 Å². The predicted molar refractivity (Wildman–Crippen MR) is 182 cm³/mol. The van der Waals surface area contributed by atoms with Crippen molar-refractivity contribution < 1.29 is 0 Å². The Morgan fingerprint density at radius 2 is 0.909 bits per heavy atom. The minimum Gasteiger partial charge on any atom is -0.256 e. The molecule has 0 aliphatic rings. The number of para-hydroxylation sites is 1. The van der Waals surface area contributed by atoms with Gasteiger partial charge in [-0.15, -0.1) is 0 Å². The van der Waals surface area contributed by atoms with Crippen LogP contribution in [0.4, 0.5) is 0 Å². The van der Waals surface area contributed by atoms with Gasteiger partial charge >= 0.3 is 0 Å². The van der Waals surface area contributed by atoms with Crippen LogP contribution in [0.3, 0.4) is 0 Å². The van der Waals surface area contributed by atoms with Gasteiger partial charge in [0.05, 0.1) is 16.9 Å². The SMILES string of the molecule is c1ccc(-c2ccc(-c3cc(-c4ccc(-c5cccc6cccnc56)cc4)nc(-c4ccc5ccccc5c4)n3)cc2)cc1. The van der Waals surface area contributed by atoms with Crippen molar-refractivity contribution in [3.8, 4) is 56.2 Å². The molecule has 8 rings (SSSR count). The average Bonchev–Trinajstić information content (AvgIpc) is 3.11. The Hall–Kier alpha value is -5.93. The van der Waals surface area contributed by atoms with Gasteiger partial charge in [-0.05, 0) is 45.7 Å². The average molecular weight is 562 g/mol. The molecule has 0 unspecified atom stereocenters. The van der Waals surface area contributed by atoms with Crippen LogP contribution in [0, 0.1) is 0 Å². The fraction of sp³-hybridized carbons (Fsp3) is 0. The molecular weight excluding hydrogens is 534 g/mol. The molecule has 0 amide bonds. The maximum absolute atomic E-state index is 5.10. The molecule has 0 N–H and O–H groups in total. The Balaban J connectivity index is 1.23. The lowest BCUT2D eigenvalue weighted by Crippen LogP contribution is -1.96. The first-order chi connectivity index (χ1) is 21.8. The fourth-order valence-electron chi connectivity index (χ4n) is 5.82. The molecule has 3 heteroatoms. The number of benzene rings is 6. The Morgan fingerprint density at radius 3 is 1.66 bits per heavy atom. The van der Waals surface area contributed by atoms with Crippen molar-refractivity contribution in [1.29, 1.82) is 0 Å². The van der Waals surface area contributed by atoms with Gasteiger partial charge in [0.1, 0.15) is 0 Å². The summed E-state index contributed by atoms with van der Waals surface area (Å²) < 4.78 is 0. The number of hydrogen-bond acceptors (Lipinski definition) is 3. The molecule has 3 nitrogen and oxygen atoms in total. The van der Waals surface area contributed by atoms with Crippen LogP contribution in [-0.2, 0) is 0 Å². The van der Waals surface area contributed by atoms with E-state index in [-0.39, 0.29) is 0 Å². The highest BCUT2D eigenvalue weighted by Crippen LogP contribution is 2.33. The smallest absolute Gasteiger partial charge is 0.160 e. The van der Waals surface area contributed by atoms with Crippen LogP contribution in [0.2, 0.25) is 0 Å². The van der Waals surface area contributed by atoms with Crippen LogP contribution < -0.4 is 0 Å². The molecule has 6 aromatic carbocycles. The highest BCUT2D eigenvalue weighted by atomic mass is 14.9. The molecule has 2 heterocycles. The van der Waals surface area contributed by atoms with E-state index in [0.29, 0.717) is 5.82 Å². The van der Waals surface area contributed by atoms with Crippen molar-refractivity contribution in [3.63, 3.8) is 0 Å². The number of aromatic nitrogens is 3. The molecule has 8 aromatic rings. The summed E-state index contributed by atoms with van der Waals surface area (Å²) in [5.41, 5.74) is 10.5. The Bertz CT molecular complexity index is 2250. The number of rotatable bonds is 5. The van der Waals surface area contributed by atoms with Gasteiger partial charge in [-0.25, -0.2) is 9.97 Å². The van der Waals surface area contributed by atoms with E-state index in [9.17, 15) is 0 Å². The van der Waals surface area contributed by atoms with E-state index in [1.807, 2.05) is 18.3 Å². The van der Waals surface area contributed by atoms with E-state index in [1.54, 1.807) is 0 Å². The van der Waals surface area contributed by atoms with E-state index >= 15 is 0 Å². The summed E-state index contributed by atoms with van der Waals surface area (Å²) in [5, 5.41) is 3.50. The van der Waals surface area contributed by atoms with E-state index < -0.39 is 0 Å². The largest absolute Gasteiger partial charge is 0.256 e. The molecule has 0 spiro atoms. The molecule has 0 fully saturated rings. The van der Waals surface area contributed by atoms with Gasteiger partial charge in [0, 0.05) is 33.8 Å². The van der Waals surface area contributed by atoms with Crippen LogP contribution in [0.5, 0.6) is 0 Å². The second-order valence-corrected chi connectivity index (χ2v) is 10.9. The van der Waals surface area contributed by atoms with E-state index in [0.717, 1.165) is 50.1 Å². The third-order valence-electron chi connectivity index (χ3n) is 8.15. The summed E-state index contributed by atoms with van der Waals surface area (Å²) in [5.74, 6) is 0.706. The van der Waals surface area contributed by atoms with E-state index in [4.69, 9.17) is 9.97 Å². The standard InChI is InChI=1S/C41H27N3/c1-2-8-28(9-3-1)30-15-20-32(21-16-30)38-27-39(44-41(43-38)36-24-17-29-10-4-5-11-35(29)26-36)33-22-18-31(19-23-33)37-14-6-12-34-13-7-25-42-40(34)37/h1-27H. The highest BCUT2D eigenvalue weighted by molar-refractivity contribution is 5.94. The molecule has 44 heavy (non-hydrogen) atoms. The first-order valence-corrected chi connectivity index (χ1v) is 14.8.